The van der Waals surface area contributed by atoms with Crippen molar-refractivity contribution in [1.29, 1.82) is 0 Å². The SMILES string of the molecule is CCc1ccc(CC2(C(C)N)CC2)cc1. The van der Waals surface area contributed by atoms with E-state index in [0.717, 1.165) is 12.8 Å². The molecule has 82 valence electrons. The van der Waals surface area contributed by atoms with Gasteiger partial charge in [-0.15, -0.1) is 0 Å². The summed E-state index contributed by atoms with van der Waals surface area (Å²) in [5, 5.41) is 0. The fraction of sp³-hybridized carbons (Fsp3) is 0.571. The van der Waals surface area contributed by atoms with Gasteiger partial charge in [0, 0.05) is 6.04 Å². The second-order valence-corrected chi connectivity index (χ2v) is 5.00. The second kappa shape index (κ2) is 3.97. The maximum absolute atomic E-state index is 6.04. The summed E-state index contributed by atoms with van der Waals surface area (Å²) in [7, 11) is 0. The van der Waals surface area contributed by atoms with Crippen LogP contribution >= 0.6 is 0 Å². The fourth-order valence-corrected chi connectivity index (χ4v) is 2.25. The Hall–Kier alpha value is -0.820. The van der Waals surface area contributed by atoms with E-state index in [-0.39, 0.29) is 0 Å². The van der Waals surface area contributed by atoms with Gasteiger partial charge < -0.3 is 5.73 Å². The fourth-order valence-electron chi connectivity index (χ4n) is 2.25. The highest BCUT2D eigenvalue weighted by Gasteiger charge is 2.45. The van der Waals surface area contributed by atoms with E-state index in [1.807, 2.05) is 0 Å². The van der Waals surface area contributed by atoms with Crippen molar-refractivity contribution in [3.63, 3.8) is 0 Å². The van der Waals surface area contributed by atoms with Gasteiger partial charge in [-0.1, -0.05) is 31.2 Å². The Bertz CT molecular complexity index is 320. The molecule has 0 bridgehead atoms. The predicted octanol–water partition coefficient (Wildman–Crippen LogP) is 2.92. The lowest BCUT2D eigenvalue weighted by molar-refractivity contribution is 0.418. The summed E-state index contributed by atoms with van der Waals surface area (Å²) in [6.07, 6.45) is 4.90. The molecule has 0 saturated heterocycles. The van der Waals surface area contributed by atoms with Crippen LogP contribution in [0.15, 0.2) is 24.3 Å². The van der Waals surface area contributed by atoms with Crippen LogP contribution in [0, 0.1) is 5.41 Å². The van der Waals surface area contributed by atoms with E-state index in [2.05, 4.69) is 38.1 Å². The van der Waals surface area contributed by atoms with E-state index < -0.39 is 0 Å². The van der Waals surface area contributed by atoms with Gasteiger partial charge in [-0.3, -0.25) is 0 Å². The molecule has 1 saturated carbocycles. The van der Waals surface area contributed by atoms with Gasteiger partial charge in [-0.2, -0.15) is 0 Å². The van der Waals surface area contributed by atoms with Gasteiger partial charge in [0.15, 0.2) is 0 Å². The number of benzene rings is 1. The maximum Gasteiger partial charge on any atom is 0.00702 e. The minimum absolute atomic E-state index is 0.336. The third-order valence-electron chi connectivity index (χ3n) is 3.85. The summed E-state index contributed by atoms with van der Waals surface area (Å²) in [5.74, 6) is 0. The van der Waals surface area contributed by atoms with Crippen LogP contribution in [0.2, 0.25) is 0 Å². The molecule has 1 aromatic rings. The van der Waals surface area contributed by atoms with E-state index in [9.17, 15) is 0 Å². The molecule has 15 heavy (non-hydrogen) atoms. The quantitative estimate of drug-likeness (QED) is 0.800. The molecule has 0 radical (unpaired) electrons. The molecule has 1 atom stereocenters. The topological polar surface area (TPSA) is 26.0 Å². The van der Waals surface area contributed by atoms with Crippen LogP contribution in [0.25, 0.3) is 0 Å². The zero-order valence-electron chi connectivity index (χ0n) is 9.79. The first-order chi connectivity index (χ1) is 7.16. The summed E-state index contributed by atoms with van der Waals surface area (Å²) < 4.78 is 0. The highest BCUT2D eigenvalue weighted by atomic mass is 14.7. The van der Waals surface area contributed by atoms with Gasteiger partial charge in [0.25, 0.3) is 0 Å². The lowest BCUT2D eigenvalue weighted by atomic mass is 9.90. The van der Waals surface area contributed by atoms with Crippen molar-refractivity contribution >= 4 is 0 Å². The van der Waals surface area contributed by atoms with Crippen molar-refractivity contribution < 1.29 is 0 Å². The van der Waals surface area contributed by atoms with Gasteiger partial charge in [0.05, 0.1) is 0 Å². The summed E-state index contributed by atoms with van der Waals surface area (Å²) >= 11 is 0. The van der Waals surface area contributed by atoms with Crippen molar-refractivity contribution in [2.24, 2.45) is 11.1 Å². The average molecular weight is 203 g/mol. The van der Waals surface area contributed by atoms with Crippen LogP contribution < -0.4 is 5.73 Å². The van der Waals surface area contributed by atoms with Gasteiger partial charge in [0.1, 0.15) is 0 Å². The summed E-state index contributed by atoms with van der Waals surface area (Å²) in [6.45, 7) is 4.34. The lowest BCUT2D eigenvalue weighted by Gasteiger charge is -2.19. The summed E-state index contributed by atoms with van der Waals surface area (Å²) in [6, 6.07) is 9.35. The van der Waals surface area contributed by atoms with Gasteiger partial charge in [-0.05, 0) is 49.1 Å². The molecule has 1 fully saturated rings. The molecule has 1 unspecified atom stereocenters. The molecule has 1 heteroatoms. The predicted molar refractivity (Wildman–Crippen MR) is 64.8 cm³/mol. The Kier molecular flexibility index (Phi) is 2.83. The van der Waals surface area contributed by atoms with E-state index in [1.165, 1.54) is 24.0 Å². The standard InChI is InChI=1S/C14H21N/c1-3-12-4-6-13(7-5-12)10-14(8-9-14)11(2)15/h4-7,11H,3,8-10,15H2,1-2H3. The summed E-state index contributed by atoms with van der Waals surface area (Å²) in [4.78, 5) is 0. The monoisotopic (exact) mass is 203 g/mol. The smallest absolute Gasteiger partial charge is 0.00702 e. The van der Waals surface area contributed by atoms with Crippen LogP contribution in [-0.2, 0) is 12.8 Å². The minimum atomic E-state index is 0.336. The number of hydrogen-bond acceptors (Lipinski definition) is 1. The molecule has 2 rings (SSSR count). The molecule has 0 heterocycles. The van der Waals surface area contributed by atoms with Crippen LogP contribution in [0.4, 0.5) is 0 Å². The Morgan fingerprint density at radius 2 is 1.73 bits per heavy atom. The maximum atomic E-state index is 6.04. The Morgan fingerprint density at radius 3 is 2.13 bits per heavy atom. The van der Waals surface area contributed by atoms with Crippen molar-refractivity contribution in [3.8, 4) is 0 Å². The second-order valence-electron chi connectivity index (χ2n) is 5.00. The average Bonchev–Trinajstić information content (AvgIpc) is 3.00. The molecule has 0 spiro atoms. The molecule has 0 aliphatic heterocycles. The Labute approximate surface area is 92.7 Å². The highest BCUT2D eigenvalue weighted by molar-refractivity contribution is 5.25. The minimum Gasteiger partial charge on any atom is -0.327 e. The summed E-state index contributed by atoms with van der Waals surface area (Å²) in [5.41, 5.74) is 9.33. The van der Waals surface area contributed by atoms with Gasteiger partial charge >= 0.3 is 0 Å². The number of aryl methyl sites for hydroxylation is 1. The van der Waals surface area contributed by atoms with Crippen molar-refractivity contribution in [1.82, 2.24) is 0 Å². The number of nitrogens with two attached hydrogens (primary N) is 1. The van der Waals surface area contributed by atoms with Crippen molar-refractivity contribution in [2.75, 3.05) is 0 Å². The molecule has 1 nitrogen and oxygen atoms in total. The molecule has 0 amide bonds. The molecule has 0 aromatic heterocycles. The normalized spacial score (nSPS) is 19.9. The molecular formula is C14H21N. The van der Waals surface area contributed by atoms with Gasteiger partial charge in [0.2, 0.25) is 0 Å². The number of hydrogen-bond donors (Lipinski definition) is 1. The van der Waals surface area contributed by atoms with E-state index >= 15 is 0 Å². The molecular weight excluding hydrogens is 182 g/mol. The van der Waals surface area contributed by atoms with Crippen LogP contribution in [0.1, 0.15) is 37.8 Å². The largest absolute Gasteiger partial charge is 0.327 e. The van der Waals surface area contributed by atoms with E-state index in [4.69, 9.17) is 5.73 Å². The van der Waals surface area contributed by atoms with Crippen LogP contribution in [0.3, 0.4) is 0 Å². The van der Waals surface area contributed by atoms with E-state index in [1.54, 1.807) is 0 Å². The van der Waals surface area contributed by atoms with Crippen LogP contribution in [0.5, 0.6) is 0 Å². The molecule has 2 N–H and O–H groups in total. The van der Waals surface area contributed by atoms with Gasteiger partial charge in [-0.25, -0.2) is 0 Å². The third-order valence-corrected chi connectivity index (χ3v) is 3.85. The Balaban J connectivity index is 2.05. The van der Waals surface area contributed by atoms with Crippen LogP contribution in [-0.4, -0.2) is 6.04 Å². The number of rotatable bonds is 4. The first kappa shape index (κ1) is 10.7. The Morgan fingerprint density at radius 1 is 1.20 bits per heavy atom. The zero-order chi connectivity index (χ0) is 10.9. The van der Waals surface area contributed by atoms with Crippen molar-refractivity contribution in [3.05, 3.63) is 35.4 Å². The molecule has 1 aliphatic rings. The third kappa shape index (κ3) is 2.23. The van der Waals surface area contributed by atoms with E-state index in [0.29, 0.717) is 11.5 Å². The first-order valence-corrected chi connectivity index (χ1v) is 6.00. The zero-order valence-corrected chi connectivity index (χ0v) is 9.79. The van der Waals surface area contributed by atoms with Crippen molar-refractivity contribution in [2.45, 2.75) is 45.6 Å². The molecule has 1 aliphatic carbocycles. The highest BCUT2D eigenvalue weighted by Crippen LogP contribution is 2.50. The first-order valence-electron chi connectivity index (χ1n) is 6.00. The lowest BCUT2D eigenvalue weighted by Crippen LogP contribution is -2.29. The molecule has 1 aromatic carbocycles.